The Morgan fingerprint density at radius 2 is 2.11 bits per heavy atom. The van der Waals surface area contributed by atoms with Crippen molar-refractivity contribution < 1.29 is 4.79 Å². The van der Waals surface area contributed by atoms with Crippen LogP contribution in [0.4, 0.5) is 0 Å². The zero-order chi connectivity index (χ0) is 13.0. The summed E-state index contributed by atoms with van der Waals surface area (Å²) >= 11 is 1.70. The van der Waals surface area contributed by atoms with Crippen molar-refractivity contribution in [2.45, 2.75) is 44.4 Å². The maximum absolute atomic E-state index is 12.2. The maximum Gasteiger partial charge on any atom is 0.146 e. The second-order valence-corrected chi connectivity index (χ2v) is 6.51. The van der Waals surface area contributed by atoms with Crippen molar-refractivity contribution in [2.75, 3.05) is 5.75 Å². The molecule has 1 aliphatic carbocycles. The Bertz CT molecular complexity index is 413. The first kappa shape index (κ1) is 13.7. The summed E-state index contributed by atoms with van der Waals surface area (Å²) < 4.78 is 0. The molecule has 0 bridgehead atoms. The van der Waals surface area contributed by atoms with Crippen LogP contribution in [0.3, 0.4) is 0 Å². The van der Waals surface area contributed by atoms with Crippen molar-refractivity contribution in [3.63, 3.8) is 0 Å². The van der Waals surface area contributed by atoms with E-state index in [9.17, 15) is 4.79 Å². The summed E-state index contributed by atoms with van der Waals surface area (Å²) in [7, 11) is 0. The zero-order valence-corrected chi connectivity index (χ0v) is 12.1. The molecular formula is C16H22OS. The lowest BCUT2D eigenvalue weighted by Gasteiger charge is -2.25. The summed E-state index contributed by atoms with van der Waals surface area (Å²) in [6.45, 7) is 4.38. The van der Waals surface area contributed by atoms with Crippen LogP contribution in [0.15, 0.2) is 29.2 Å². The molecule has 2 heteroatoms. The number of benzene rings is 1. The minimum Gasteiger partial charge on any atom is -0.298 e. The van der Waals surface area contributed by atoms with Gasteiger partial charge in [0.1, 0.15) is 5.78 Å². The van der Waals surface area contributed by atoms with Gasteiger partial charge in [-0.05, 0) is 37.3 Å². The molecule has 0 saturated heterocycles. The van der Waals surface area contributed by atoms with E-state index in [0.717, 1.165) is 18.8 Å². The number of carbonyl (C=O) groups is 1. The molecule has 2 unspecified atom stereocenters. The molecule has 0 amide bonds. The van der Waals surface area contributed by atoms with Gasteiger partial charge in [-0.1, -0.05) is 38.0 Å². The zero-order valence-electron chi connectivity index (χ0n) is 11.3. The molecule has 0 aliphatic heterocycles. The molecule has 1 aromatic carbocycles. The Morgan fingerprint density at radius 3 is 2.83 bits per heavy atom. The number of aryl methyl sites for hydroxylation is 1. The molecule has 2 rings (SSSR count). The number of Topliss-reactive ketones (excluding diaryl/α,β-unsaturated/α-hetero) is 1. The van der Waals surface area contributed by atoms with Gasteiger partial charge in [-0.3, -0.25) is 4.79 Å². The van der Waals surface area contributed by atoms with E-state index in [1.54, 1.807) is 11.8 Å². The van der Waals surface area contributed by atoms with Crippen LogP contribution in [0.5, 0.6) is 0 Å². The standard InChI is InChI=1S/C16H22OS/c1-12-6-5-8-14(10-12)15(17)11-18-16-9-4-3-7-13(16)2/h3-4,7,9,12,14H,5-6,8,10-11H2,1-2H3. The van der Waals surface area contributed by atoms with Crippen LogP contribution in [-0.4, -0.2) is 11.5 Å². The van der Waals surface area contributed by atoms with Gasteiger partial charge in [0.2, 0.25) is 0 Å². The second-order valence-electron chi connectivity index (χ2n) is 5.49. The third-order valence-corrected chi connectivity index (χ3v) is 5.05. The van der Waals surface area contributed by atoms with Gasteiger partial charge in [-0.15, -0.1) is 11.8 Å². The van der Waals surface area contributed by atoms with Gasteiger partial charge in [0.15, 0.2) is 0 Å². The van der Waals surface area contributed by atoms with Crippen molar-refractivity contribution in [3.05, 3.63) is 29.8 Å². The first-order chi connectivity index (χ1) is 8.66. The van der Waals surface area contributed by atoms with Crippen LogP contribution < -0.4 is 0 Å². The number of hydrogen-bond donors (Lipinski definition) is 0. The van der Waals surface area contributed by atoms with Crippen molar-refractivity contribution in [1.82, 2.24) is 0 Å². The SMILES string of the molecule is Cc1ccccc1SCC(=O)C1CCCC(C)C1. The molecular weight excluding hydrogens is 240 g/mol. The van der Waals surface area contributed by atoms with Gasteiger partial charge in [-0.2, -0.15) is 0 Å². The van der Waals surface area contributed by atoms with E-state index in [4.69, 9.17) is 0 Å². The summed E-state index contributed by atoms with van der Waals surface area (Å²) in [6, 6.07) is 8.30. The Balaban J connectivity index is 1.86. The molecule has 0 spiro atoms. The van der Waals surface area contributed by atoms with Crippen LogP contribution in [0.25, 0.3) is 0 Å². The molecule has 0 heterocycles. The van der Waals surface area contributed by atoms with Crippen molar-refractivity contribution in [1.29, 1.82) is 0 Å². The molecule has 1 aromatic rings. The third-order valence-electron chi connectivity index (χ3n) is 3.86. The summed E-state index contributed by atoms with van der Waals surface area (Å²) in [5.74, 6) is 2.15. The van der Waals surface area contributed by atoms with Crippen LogP contribution in [0.2, 0.25) is 0 Å². The Hall–Kier alpha value is -0.760. The smallest absolute Gasteiger partial charge is 0.146 e. The van der Waals surface area contributed by atoms with Crippen molar-refractivity contribution in [2.24, 2.45) is 11.8 Å². The molecule has 2 atom stereocenters. The van der Waals surface area contributed by atoms with Crippen molar-refractivity contribution in [3.8, 4) is 0 Å². The van der Waals surface area contributed by atoms with Crippen LogP contribution in [-0.2, 0) is 4.79 Å². The maximum atomic E-state index is 12.2. The van der Waals surface area contributed by atoms with Gasteiger partial charge < -0.3 is 0 Å². The number of carbonyl (C=O) groups excluding carboxylic acids is 1. The Labute approximate surface area is 114 Å². The third kappa shape index (κ3) is 3.61. The number of rotatable bonds is 4. The normalized spacial score (nSPS) is 23.9. The number of thioether (sulfide) groups is 1. The molecule has 98 valence electrons. The summed E-state index contributed by atoms with van der Waals surface area (Å²) in [6.07, 6.45) is 4.74. The molecule has 0 radical (unpaired) electrons. The molecule has 1 saturated carbocycles. The highest BCUT2D eigenvalue weighted by atomic mass is 32.2. The molecule has 1 aliphatic rings. The first-order valence-corrected chi connectivity index (χ1v) is 7.86. The van der Waals surface area contributed by atoms with E-state index >= 15 is 0 Å². The minimum absolute atomic E-state index is 0.324. The van der Waals surface area contributed by atoms with Crippen LogP contribution in [0.1, 0.15) is 38.2 Å². The predicted molar refractivity (Wildman–Crippen MR) is 78.0 cm³/mol. The average molecular weight is 262 g/mol. The van der Waals surface area contributed by atoms with Crippen LogP contribution in [0, 0.1) is 18.8 Å². The summed E-state index contributed by atoms with van der Waals surface area (Å²) in [5.41, 5.74) is 1.27. The summed E-state index contributed by atoms with van der Waals surface area (Å²) in [4.78, 5) is 13.5. The average Bonchev–Trinajstić information content (AvgIpc) is 2.37. The molecule has 1 fully saturated rings. The highest BCUT2D eigenvalue weighted by molar-refractivity contribution is 8.00. The lowest BCUT2D eigenvalue weighted by molar-refractivity contribution is -0.121. The Kier molecular flexibility index (Phi) is 4.87. The molecule has 0 aromatic heterocycles. The fourth-order valence-corrected chi connectivity index (χ4v) is 3.72. The van der Waals surface area contributed by atoms with E-state index < -0.39 is 0 Å². The van der Waals surface area contributed by atoms with E-state index in [0.29, 0.717) is 17.5 Å². The van der Waals surface area contributed by atoms with E-state index in [-0.39, 0.29) is 0 Å². The largest absolute Gasteiger partial charge is 0.298 e. The topological polar surface area (TPSA) is 17.1 Å². The quantitative estimate of drug-likeness (QED) is 0.744. The lowest BCUT2D eigenvalue weighted by atomic mass is 9.81. The highest BCUT2D eigenvalue weighted by Crippen LogP contribution is 2.31. The van der Waals surface area contributed by atoms with Gasteiger partial charge in [-0.25, -0.2) is 0 Å². The molecule has 0 N–H and O–H groups in total. The molecule has 1 nitrogen and oxygen atoms in total. The monoisotopic (exact) mass is 262 g/mol. The number of ketones is 1. The summed E-state index contributed by atoms with van der Waals surface area (Å²) in [5, 5.41) is 0. The van der Waals surface area contributed by atoms with Crippen LogP contribution >= 0.6 is 11.8 Å². The number of hydrogen-bond acceptors (Lipinski definition) is 2. The second kappa shape index (κ2) is 6.42. The fourth-order valence-electron chi connectivity index (χ4n) is 2.71. The minimum atomic E-state index is 0.324. The van der Waals surface area contributed by atoms with E-state index in [1.807, 2.05) is 12.1 Å². The lowest BCUT2D eigenvalue weighted by Crippen LogP contribution is -2.23. The van der Waals surface area contributed by atoms with E-state index in [1.165, 1.54) is 23.3 Å². The van der Waals surface area contributed by atoms with Gasteiger partial charge in [0.05, 0.1) is 5.75 Å². The van der Waals surface area contributed by atoms with Crippen molar-refractivity contribution >= 4 is 17.5 Å². The highest BCUT2D eigenvalue weighted by Gasteiger charge is 2.24. The predicted octanol–water partition coefficient (Wildman–Crippen LogP) is 4.48. The molecule has 18 heavy (non-hydrogen) atoms. The fraction of sp³-hybridized carbons (Fsp3) is 0.562. The van der Waals surface area contributed by atoms with E-state index in [2.05, 4.69) is 26.0 Å². The Morgan fingerprint density at radius 1 is 1.33 bits per heavy atom. The first-order valence-electron chi connectivity index (χ1n) is 6.88. The van der Waals surface area contributed by atoms with Gasteiger partial charge >= 0.3 is 0 Å². The van der Waals surface area contributed by atoms with Gasteiger partial charge in [0, 0.05) is 10.8 Å². The van der Waals surface area contributed by atoms with Gasteiger partial charge in [0.25, 0.3) is 0 Å².